The van der Waals surface area contributed by atoms with Crippen LogP contribution in [0, 0.1) is 6.92 Å². The van der Waals surface area contributed by atoms with Crippen molar-refractivity contribution in [3.05, 3.63) is 83.4 Å². The minimum atomic E-state index is 0.114. The number of aromatic nitrogens is 2. The second-order valence-corrected chi connectivity index (χ2v) is 8.00. The Morgan fingerprint density at radius 3 is 2.48 bits per heavy atom. The average molecular weight is 433 g/mol. The lowest BCUT2D eigenvalue weighted by molar-refractivity contribution is 0.477. The molecule has 6 heteroatoms. The quantitative estimate of drug-likeness (QED) is 0.403. The van der Waals surface area contributed by atoms with Crippen molar-refractivity contribution in [1.29, 1.82) is 0 Å². The normalized spacial score (nSPS) is 15.4. The minimum absolute atomic E-state index is 0.114. The van der Waals surface area contributed by atoms with E-state index in [1.165, 1.54) is 5.56 Å². The number of para-hydroxylation sites is 1. The van der Waals surface area contributed by atoms with Crippen LogP contribution in [0.1, 0.15) is 12.0 Å². The predicted molar refractivity (Wildman–Crippen MR) is 128 cm³/mol. The van der Waals surface area contributed by atoms with E-state index in [2.05, 4.69) is 39.7 Å². The van der Waals surface area contributed by atoms with Gasteiger partial charge in [0.2, 0.25) is 0 Å². The third-order valence-corrected chi connectivity index (χ3v) is 5.38. The lowest BCUT2D eigenvalue weighted by atomic mass is 10.1. The van der Waals surface area contributed by atoms with Crippen LogP contribution < -0.4 is 10.6 Å². The van der Waals surface area contributed by atoms with E-state index in [4.69, 9.17) is 11.6 Å². The number of rotatable bonds is 3. The van der Waals surface area contributed by atoms with E-state index in [1.807, 2.05) is 42.5 Å². The van der Waals surface area contributed by atoms with Crippen molar-refractivity contribution in [2.45, 2.75) is 19.4 Å². The lowest BCUT2D eigenvalue weighted by Gasteiger charge is -2.15. The van der Waals surface area contributed by atoms with Crippen LogP contribution in [0.25, 0.3) is 22.3 Å². The molecular formula is C25H25ClN4O. The van der Waals surface area contributed by atoms with Gasteiger partial charge < -0.3 is 15.7 Å². The maximum absolute atomic E-state index is 10.2. The molecule has 0 bridgehead atoms. The number of hydrogen-bond donors (Lipinski definition) is 3. The largest absolute Gasteiger partial charge is 0.507 e. The predicted octanol–water partition coefficient (Wildman–Crippen LogP) is 5.42. The van der Waals surface area contributed by atoms with Gasteiger partial charge in [-0.2, -0.15) is 0 Å². The van der Waals surface area contributed by atoms with Crippen LogP contribution in [0.2, 0.25) is 5.02 Å². The second kappa shape index (κ2) is 9.77. The van der Waals surface area contributed by atoms with Crippen molar-refractivity contribution in [3.8, 4) is 17.1 Å². The van der Waals surface area contributed by atoms with Crippen LogP contribution in [0.3, 0.4) is 0 Å². The topological polar surface area (TPSA) is 70.1 Å². The first-order valence-corrected chi connectivity index (χ1v) is 10.7. The number of halogens is 1. The van der Waals surface area contributed by atoms with Gasteiger partial charge in [-0.15, -0.1) is 0 Å². The van der Waals surface area contributed by atoms with Gasteiger partial charge in [-0.1, -0.05) is 59.6 Å². The molecule has 1 aromatic heterocycles. The molecule has 0 radical (unpaired) electrons. The van der Waals surface area contributed by atoms with Gasteiger partial charge in [-0.25, -0.2) is 9.97 Å². The van der Waals surface area contributed by atoms with Crippen LogP contribution in [-0.4, -0.2) is 34.2 Å². The Labute approximate surface area is 187 Å². The highest BCUT2D eigenvalue weighted by Crippen LogP contribution is 2.32. The van der Waals surface area contributed by atoms with E-state index in [1.54, 1.807) is 18.2 Å². The molecule has 0 spiro atoms. The van der Waals surface area contributed by atoms with Crippen LogP contribution >= 0.6 is 11.6 Å². The summed E-state index contributed by atoms with van der Waals surface area (Å²) < 4.78 is 0. The smallest absolute Gasteiger partial charge is 0.165 e. The van der Waals surface area contributed by atoms with Gasteiger partial charge in [0.05, 0.1) is 11.1 Å². The van der Waals surface area contributed by atoms with Gasteiger partial charge in [0.15, 0.2) is 5.82 Å². The van der Waals surface area contributed by atoms with Crippen LogP contribution in [0.5, 0.6) is 5.75 Å². The molecule has 5 nitrogen and oxygen atoms in total. The maximum atomic E-state index is 10.2. The van der Waals surface area contributed by atoms with Crippen molar-refractivity contribution in [2.75, 3.05) is 18.4 Å². The first-order chi connectivity index (χ1) is 15.1. The van der Waals surface area contributed by atoms with Crippen molar-refractivity contribution in [1.82, 2.24) is 15.3 Å². The fraction of sp³-hybridized carbons (Fsp3) is 0.200. The number of hydrogen-bond acceptors (Lipinski definition) is 5. The molecule has 158 valence electrons. The number of fused-ring (bicyclic) bond motifs is 1. The third kappa shape index (κ3) is 5.32. The molecule has 1 aliphatic heterocycles. The van der Waals surface area contributed by atoms with Crippen molar-refractivity contribution >= 4 is 28.3 Å². The summed E-state index contributed by atoms with van der Waals surface area (Å²) in [6, 6.07) is 23.3. The van der Waals surface area contributed by atoms with E-state index < -0.39 is 0 Å². The Balaban J connectivity index is 0.000000282. The Bertz CT molecular complexity index is 1160. The van der Waals surface area contributed by atoms with Crippen LogP contribution in [-0.2, 0) is 0 Å². The van der Waals surface area contributed by atoms with E-state index in [-0.39, 0.29) is 5.75 Å². The molecule has 4 aromatic rings. The van der Waals surface area contributed by atoms with Gasteiger partial charge in [-0.05, 0) is 50.2 Å². The van der Waals surface area contributed by atoms with Crippen molar-refractivity contribution < 1.29 is 5.11 Å². The maximum Gasteiger partial charge on any atom is 0.165 e. The molecule has 3 N–H and O–H groups in total. The molecule has 0 saturated carbocycles. The lowest BCUT2D eigenvalue weighted by Crippen LogP contribution is -2.23. The summed E-state index contributed by atoms with van der Waals surface area (Å²) in [6.45, 7) is 4.00. The molecule has 3 aromatic carbocycles. The summed E-state index contributed by atoms with van der Waals surface area (Å²) >= 11 is 6.07. The molecular weight excluding hydrogens is 408 g/mol. The minimum Gasteiger partial charge on any atom is -0.507 e. The molecule has 5 rings (SSSR count). The van der Waals surface area contributed by atoms with Gasteiger partial charge >= 0.3 is 0 Å². The number of anilines is 1. The Morgan fingerprint density at radius 2 is 1.77 bits per heavy atom. The molecule has 1 fully saturated rings. The van der Waals surface area contributed by atoms with E-state index in [9.17, 15) is 5.11 Å². The summed E-state index contributed by atoms with van der Waals surface area (Å²) in [7, 11) is 0. The fourth-order valence-electron chi connectivity index (χ4n) is 3.50. The highest BCUT2D eigenvalue weighted by Gasteiger charge is 2.18. The molecule has 2 heterocycles. The zero-order chi connectivity index (χ0) is 21.6. The van der Waals surface area contributed by atoms with Crippen LogP contribution in [0.4, 0.5) is 5.82 Å². The van der Waals surface area contributed by atoms with E-state index >= 15 is 0 Å². The van der Waals surface area contributed by atoms with Gasteiger partial charge in [0, 0.05) is 23.0 Å². The summed E-state index contributed by atoms with van der Waals surface area (Å²) in [5.41, 5.74) is 2.68. The Kier molecular flexibility index (Phi) is 6.65. The van der Waals surface area contributed by atoms with Crippen LogP contribution in [0.15, 0.2) is 72.8 Å². The van der Waals surface area contributed by atoms with E-state index in [0.717, 1.165) is 36.2 Å². The summed E-state index contributed by atoms with van der Waals surface area (Å²) in [4.78, 5) is 9.27. The Morgan fingerprint density at radius 1 is 1.00 bits per heavy atom. The van der Waals surface area contributed by atoms with Gasteiger partial charge in [0.1, 0.15) is 11.6 Å². The number of aromatic hydroxyl groups is 1. The molecule has 0 unspecified atom stereocenters. The Hall–Kier alpha value is -3.15. The summed E-state index contributed by atoms with van der Waals surface area (Å²) in [5.74, 6) is 1.36. The number of nitrogens with zero attached hydrogens (tertiary/aromatic N) is 2. The number of phenols is 1. The summed E-state index contributed by atoms with van der Waals surface area (Å²) in [6.07, 6.45) is 1.05. The third-order valence-electron chi connectivity index (χ3n) is 5.14. The number of benzene rings is 3. The van der Waals surface area contributed by atoms with Crippen molar-refractivity contribution in [3.63, 3.8) is 0 Å². The van der Waals surface area contributed by atoms with Gasteiger partial charge in [0.25, 0.3) is 0 Å². The first-order valence-electron chi connectivity index (χ1n) is 10.3. The number of aryl methyl sites for hydroxylation is 1. The van der Waals surface area contributed by atoms with E-state index in [0.29, 0.717) is 22.5 Å². The zero-order valence-corrected chi connectivity index (χ0v) is 18.1. The average Bonchev–Trinajstić information content (AvgIpc) is 3.29. The molecule has 0 amide bonds. The SMILES string of the molecule is Cc1ccccc1.Oc1ccc(Cl)cc1-c1nc(N[C@H]2CCNC2)c2ccccc2n1. The van der Waals surface area contributed by atoms with Crippen molar-refractivity contribution in [2.24, 2.45) is 0 Å². The monoisotopic (exact) mass is 432 g/mol. The molecule has 1 aliphatic rings. The molecule has 1 saturated heterocycles. The number of nitrogens with one attached hydrogen (secondary N) is 2. The highest BCUT2D eigenvalue weighted by atomic mass is 35.5. The van der Waals surface area contributed by atoms with Gasteiger partial charge in [-0.3, -0.25) is 0 Å². The number of phenolic OH excluding ortho intramolecular Hbond substituents is 1. The molecule has 1 atom stereocenters. The second-order valence-electron chi connectivity index (χ2n) is 7.56. The first kappa shape index (κ1) is 21.1. The standard InChI is InChI=1S/C18H17ClN4O.C7H8/c19-11-5-6-16(24)14(9-11)18-22-15-4-2-1-3-13(15)17(23-18)21-12-7-8-20-10-12;1-7-5-3-2-4-6-7/h1-6,9,12,20,24H,7-8,10H2,(H,21,22,23);2-6H,1H3/t12-;/m0./s1. The molecule has 31 heavy (non-hydrogen) atoms. The fourth-order valence-corrected chi connectivity index (χ4v) is 3.67. The molecule has 0 aliphatic carbocycles. The zero-order valence-electron chi connectivity index (χ0n) is 17.3. The highest BCUT2D eigenvalue weighted by molar-refractivity contribution is 6.30. The summed E-state index contributed by atoms with van der Waals surface area (Å²) in [5, 5.41) is 18.5.